The van der Waals surface area contributed by atoms with Crippen LogP contribution in [0.5, 0.6) is 0 Å². The highest BCUT2D eigenvalue weighted by molar-refractivity contribution is 7.10. The van der Waals surface area contributed by atoms with Crippen molar-refractivity contribution < 1.29 is 19.1 Å². The van der Waals surface area contributed by atoms with Crippen molar-refractivity contribution in [3.8, 4) is 0 Å². The van der Waals surface area contributed by atoms with Crippen LogP contribution in [-0.4, -0.2) is 54.5 Å². The lowest BCUT2D eigenvalue weighted by molar-refractivity contribution is -0.131. The molecule has 1 aliphatic rings. The third-order valence-corrected chi connectivity index (χ3v) is 6.51. The number of benzene rings is 1. The number of carbonyl (C=O) groups excluding carboxylic acids is 3. The Kier molecular flexibility index (Phi) is 7.50. The lowest BCUT2D eigenvalue weighted by Crippen LogP contribution is -2.43. The van der Waals surface area contributed by atoms with Crippen LogP contribution in [0.2, 0.25) is 0 Å². The molecule has 0 spiro atoms. The molecule has 0 atom stereocenters. The fraction of sp³-hybridized carbons (Fsp3) is 0.478. The second-order valence-electron chi connectivity index (χ2n) is 8.82. The number of carbonyl (C=O) groups is 3. The smallest absolute Gasteiger partial charge is 0.407 e. The van der Waals surface area contributed by atoms with Crippen LogP contribution >= 0.6 is 11.3 Å². The summed E-state index contributed by atoms with van der Waals surface area (Å²) in [7, 11) is 1.26. The Morgan fingerprint density at radius 1 is 1.19 bits per heavy atom. The van der Waals surface area contributed by atoms with E-state index in [1.54, 1.807) is 10.3 Å². The molecule has 2 N–H and O–H groups in total. The van der Waals surface area contributed by atoms with Gasteiger partial charge in [-0.1, -0.05) is 39.0 Å². The van der Waals surface area contributed by atoms with Crippen LogP contribution < -0.4 is 10.6 Å². The van der Waals surface area contributed by atoms with Crippen LogP contribution in [0.15, 0.2) is 29.6 Å². The maximum absolute atomic E-state index is 12.8. The Morgan fingerprint density at radius 3 is 2.53 bits per heavy atom. The molecule has 0 unspecified atom stereocenters. The first-order chi connectivity index (χ1) is 15.2. The van der Waals surface area contributed by atoms with Crippen LogP contribution in [0, 0.1) is 0 Å². The van der Waals surface area contributed by atoms with Gasteiger partial charge in [0.2, 0.25) is 5.91 Å². The number of anilines is 1. The van der Waals surface area contributed by atoms with Crippen LogP contribution in [0.4, 0.5) is 10.5 Å². The summed E-state index contributed by atoms with van der Waals surface area (Å²) in [6.45, 7) is 7.44. The molecule has 0 aliphatic carbocycles. The number of amides is 3. The zero-order valence-corrected chi connectivity index (χ0v) is 19.8. The predicted molar refractivity (Wildman–Crippen MR) is 124 cm³/mol. The number of nitrogens with one attached hydrogen (secondary N) is 2. The van der Waals surface area contributed by atoms with Crippen molar-refractivity contribution in [2.75, 3.05) is 32.1 Å². The first-order valence-corrected chi connectivity index (χ1v) is 11.5. The van der Waals surface area contributed by atoms with Gasteiger partial charge in [-0.05, 0) is 29.9 Å². The summed E-state index contributed by atoms with van der Waals surface area (Å²) in [6, 6.07) is 7.82. The Bertz CT molecular complexity index is 974. The number of methoxy groups -OCH3 is 1. The molecule has 0 bridgehead atoms. The van der Waals surface area contributed by atoms with Crippen molar-refractivity contribution in [1.82, 2.24) is 15.2 Å². The monoisotopic (exact) mass is 458 g/mol. The van der Waals surface area contributed by atoms with Gasteiger partial charge in [0.25, 0.3) is 5.91 Å². The lowest BCUT2D eigenvalue weighted by Gasteiger charge is -2.31. The van der Waals surface area contributed by atoms with Gasteiger partial charge >= 0.3 is 6.09 Å². The first-order valence-electron chi connectivity index (χ1n) is 10.6. The minimum absolute atomic E-state index is 0.0745. The molecule has 0 saturated carbocycles. The highest BCUT2D eigenvalue weighted by atomic mass is 32.1. The number of alkyl carbamates (subject to hydrolysis) is 1. The molecule has 2 heterocycles. The minimum Gasteiger partial charge on any atom is -0.453 e. The molecular formula is C23H30N4O4S. The molecule has 2 aromatic rings. The number of ether oxygens (including phenoxy) is 1. The van der Waals surface area contributed by atoms with E-state index in [-0.39, 0.29) is 29.7 Å². The first kappa shape index (κ1) is 23.7. The van der Waals surface area contributed by atoms with E-state index in [1.165, 1.54) is 18.4 Å². The predicted octanol–water partition coefficient (Wildman–Crippen LogP) is 3.75. The maximum Gasteiger partial charge on any atom is 0.407 e. The Balaban J connectivity index is 1.57. The molecule has 1 fully saturated rings. The highest BCUT2D eigenvalue weighted by Gasteiger charge is 2.27. The zero-order chi connectivity index (χ0) is 23.3. The Labute approximate surface area is 192 Å². The SMILES string of the molecule is COC(=O)NCC(=O)N1CCC(c2nc(C(=O)Nc3ccccc3C(C)(C)C)cs2)CC1. The summed E-state index contributed by atoms with van der Waals surface area (Å²) in [6.07, 6.45) is 0.920. The van der Waals surface area contributed by atoms with Crippen molar-refractivity contribution in [1.29, 1.82) is 0 Å². The topological polar surface area (TPSA) is 101 Å². The third kappa shape index (κ3) is 5.85. The number of rotatable bonds is 5. The summed E-state index contributed by atoms with van der Waals surface area (Å²) < 4.78 is 4.48. The number of hydrogen-bond acceptors (Lipinski definition) is 6. The Morgan fingerprint density at radius 2 is 1.88 bits per heavy atom. The van der Waals surface area contributed by atoms with E-state index in [2.05, 4.69) is 41.1 Å². The molecule has 3 amide bonds. The quantitative estimate of drug-likeness (QED) is 0.711. The molecular weight excluding hydrogens is 428 g/mol. The second kappa shape index (κ2) is 10.1. The van der Waals surface area contributed by atoms with Crippen molar-refractivity contribution in [2.45, 2.75) is 44.9 Å². The van der Waals surface area contributed by atoms with E-state index in [0.717, 1.165) is 29.1 Å². The lowest BCUT2D eigenvalue weighted by atomic mass is 9.86. The maximum atomic E-state index is 12.8. The van der Waals surface area contributed by atoms with Crippen molar-refractivity contribution in [3.63, 3.8) is 0 Å². The molecule has 32 heavy (non-hydrogen) atoms. The van der Waals surface area contributed by atoms with Gasteiger partial charge in [0.1, 0.15) is 12.2 Å². The van der Waals surface area contributed by atoms with Gasteiger partial charge in [0.15, 0.2) is 0 Å². The van der Waals surface area contributed by atoms with Gasteiger partial charge < -0.3 is 20.3 Å². The molecule has 3 rings (SSSR count). The second-order valence-corrected chi connectivity index (χ2v) is 9.71. The average molecular weight is 459 g/mol. The molecule has 172 valence electrons. The van der Waals surface area contributed by atoms with Crippen LogP contribution in [0.1, 0.15) is 60.6 Å². The van der Waals surface area contributed by atoms with Crippen molar-refractivity contribution in [2.24, 2.45) is 0 Å². The number of aromatic nitrogens is 1. The number of piperidine rings is 1. The number of likely N-dealkylation sites (tertiary alicyclic amines) is 1. The van der Waals surface area contributed by atoms with Crippen LogP contribution in [0.3, 0.4) is 0 Å². The molecule has 9 heteroatoms. The van der Waals surface area contributed by atoms with Crippen LogP contribution in [0.25, 0.3) is 0 Å². The summed E-state index contributed by atoms with van der Waals surface area (Å²) in [5.41, 5.74) is 2.19. The number of para-hydroxylation sites is 1. The molecule has 1 aromatic heterocycles. The highest BCUT2D eigenvalue weighted by Crippen LogP contribution is 2.32. The summed E-state index contributed by atoms with van der Waals surface area (Å²) in [5, 5.41) is 8.13. The van der Waals surface area contributed by atoms with Gasteiger partial charge in [-0.3, -0.25) is 9.59 Å². The van der Waals surface area contributed by atoms with E-state index in [9.17, 15) is 14.4 Å². The number of hydrogen-bond donors (Lipinski definition) is 2. The normalized spacial score (nSPS) is 14.7. The number of thiazole rings is 1. The minimum atomic E-state index is -0.619. The van der Waals surface area contributed by atoms with Gasteiger partial charge in [-0.25, -0.2) is 9.78 Å². The van der Waals surface area contributed by atoms with E-state index >= 15 is 0 Å². The Hall–Kier alpha value is -2.94. The van der Waals surface area contributed by atoms with Gasteiger partial charge in [0.05, 0.1) is 12.1 Å². The standard InChI is InChI=1S/C23H30N4O4S/c1-23(2,3)16-7-5-6-8-17(16)25-20(29)18-14-32-21(26-18)15-9-11-27(12-10-15)19(28)13-24-22(30)31-4/h5-8,14-15H,9-13H2,1-4H3,(H,24,30)(H,25,29). The summed E-state index contributed by atoms with van der Waals surface area (Å²) in [5.74, 6) is -0.141. The molecule has 1 aliphatic heterocycles. The fourth-order valence-electron chi connectivity index (χ4n) is 3.72. The zero-order valence-electron chi connectivity index (χ0n) is 18.9. The summed E-state index contributed by atoms with van der Waals surface area (Å²) in [4.78, 5) is 42.5. The van der Waals surface area contributed by atoms with E-state index in [0.29, 0.717) is 18.8 Å². The molecule has 8 nitrogen and oxygen atoms in total. The van der Waals surface area contributed by atoms with Crippen LogP contribution in [-0.2, 0) is 14.9 Å². The number of nitrogens with zero attached hydrogens (tertiary/aromatic N) is 2. The fourth-order valence-corrected chi connectivity index (χ4v) is 4.69. The van der Waals surface area contributed by atoms with Crippen molar-refractivity contribution >= 4 is 34.9 Å². The average Bonchev–Trinajstić information content (AvgIpc) is 3.27. The van der Waals surface area contributed by atoms with E-state index < -0.39 is 6.09 Å². The van der Waals surface area contributed by atoms with Gasteiger partial charge in [-0.15, -0.1) is 11.3 Å². The molecule has 0 radical (unpaired) electrons. The third-order valence-electron chi connectivity index (χ3n) is 5.50. The van der Waals surface area contributed by atoms with E-state index in [1.807, 2.05) is 24.3 Å². The molecule has 1 saturated heterocycles. The molecule has 1 aromatic carbocycles. The summed E-state index contributed by atoms with van der Waals surface area (Å²) >= 11 is 1.48. The van der Waals surface area contributed by atoms with Crippen molar-refractivity contribution in [3.05, 3.63) is 45.9 Å². The van der Waals surface area contributed by atoms with E-state index in [4.69, 9.17) is 0 Å². The van der Waals surface area contributed by atoms with Gasteiger partial charge in [-0.2, -0.15) is 0 Å². The van der Waals surface area contributed by atoms with Gasteiger partial charge in [0, 0.05) is 30.1 Å². The largest absolute Gasteiger partial charge is 0.453 e.